The molecular weight excluding hydrogens is 375 g/mol. The predicted octanol–water partition coefficient (Wildman–Crippen LogP) is 3.24. The third-order valence-corrected chi connectivity index (χ3v) is 4.12. The van der Waals surface area contributed by atoms with E-state index in [2.05, 4.69) is 44.7 Å². The lowest BCUT2D eigenvalue weighted by Gasteiger charge is -2.22. The lowest BCUT2D eigenvalue weighted by molar-refractivity contribution is 0.339. The molecular formula is C16H29IN4. The van der Waals surface area contributed by atoms with Crippen molar-refractivity contribution in [3.8, 4) is 0 Å². The molecule has 5 heteroatoms. The predicted molar refractivity (Wildman–Crippen MR) is 100 cm³/mol. The lowest BCUT2D eigenvalue weighted by Crippen LogP contribution is -2.39. The number of guanidine groups is 1. The Morgan fingerprint density at radius 1 is 1.10 bits per heavy atom. The van der Waals surface area contributed by atoms with E-state index in [1.54, 1.807) is 0 Å². The van der Waals surface area contributed by atoms with Crippen molar-refractivity contribution in [2.24, 2.45) is 10.9 Å². The van der Waals surface area contributed by atoms with Crippen LogP contribution in [-0.2, 0) is 6.54 Å². The van der Waals surface area contributed by atoms with E-state index < -0.39 is 0 Å². The first kappa shape index (κ1) is 18.3. The van der Waals surface area contributed by atoms with Crippen molar-refractivity contribution in [3.05, 3.63) is 24.5 Å². The Balaban J connectivity index is 0.00000220. The summed E-state index contributed by atoms with van der Waals surface area (Å²) in [5.41, 5.74) is 0. The van der Waals surface area contributed by atoms with Crippen LogP contribution in [0.2, 0.25) is 0 Å². The number of aromatic nitrogens is 1. The molecule has 0 saturated heterocycles. The van der Waals surface area contributed by atoms with E-state index in [0.29, 0.717) is 0 Å². The molecule has 2 rings (SSSR count). The van der Waals surface area contributed by atoms with E-state index >= 15 is 0 Å². The summed E-state index contributed by atoms with van der Waals surface area (Å²) < 4.78 is 2.17. The maximum absolute atomic E-state index is 4.27. The lowest BCUT2D eigenvalue weighted by atomic mass is 9.87. The number of nitrogens with one attached hydrogen (secondary N) is 2. The summed E-state index contributed by atoms with van der Waals surface area (Å²) >= 11 is 0. The fraction of sp³-hybridized carbons (Fsp3) is 0.688. The zero-order chi connectivity index (χ0) is 14.0. The molecule has 21 heavy (non-hydrogen) atoms. The highest BCUT2D eigenvalue weighted by atomic mass is 127. The van der Waals surface area contributed by atoms with Gasteiger partial charge in [-0.1, -0.05) is 32.1 Å². The highest BCUT2D eigenvalue weighted by molar-refractivity contribution is 14.0. The highest BCUT2D eigenvalue weighted by Crippen LogP contribution is 2.25. The fourth-order valence-corrected chi connectivity index (χ4v) is 2.91. The number of hydrogen-bond acceptors (Lipinski definition) is 1. The smallest absolute Gasteiger partial charge is 0.191 e. The Kier molecular flexibility index (Phi) is 9.54. The molecule has 0 radical (unpaired) electrons. The Hall–Kier alpha value is -0.720. The Morgan fingerprint density at radius 3 is 2.43 bits per heavy atom. The van der Waals surface area contributed by atoms with Crippen molar-refractivity contribution in [2.45, 2.75) is 45.1 Å². The number of rotatable bonds is 6. The first-order valence-corrected chi connectivity index (χ1v) is 7.94. The summed E-state index contributed by atoms with van der Waals surface area (Å²) in [5.74, 6) is 1.85. The van der Waals surface area contributed by atoms with Gasteiger partial charge in [-0.3, -0.25) is 4.99 Å². The van der Waals surface area contributed by atoms with Gasteiger partial charge in [0.2, 0.25) is 0 Å². The van der Waals surface area contributed by atoms with Gasteiger partial charge in [0, 0.05) is 39.1 Å². The second kappa shape index (κ2) is 10.9. The van der Waals surface area contributed by atoms with Gasteiger partial charge in [-0.15, -0.1) is 24.0 Å². The second-order valence-corrected chi connectivity index (χ2v) is 5.64. The summed E-state index contributed by atoms with van der Waals surface area (Å²) in [6.45, 7) is 2.90. The topological polar surface area (TPSA) is 41.4 Å². The molecule has 120 valence electrons. The van der Waals surface area contributed by atoms with Crippen molar-refractivity contribution in [2.75, 3.05) is 20.1 Å². The van der Waals surface area contributed by atoms with Crippen LogP contribution in [0.4, 0.5) is 0 Å². The normalized spacial score (nSPS) is 16.3. The zero-order valence-corrected chi connectivity index (χ0v) is 15.4. The second-order valence-electron chi connectivity index (χ2n) is 5.64. The molecule has 0 aliphatic heterocycles. The third-order valence-electron chi connectivity index (χ3n) is 4.12. The van der Waals surface area contributed by atoms with Gasteiger partial charge in [0.1, 0.15) is 0 Å². The van der Waals surface area contributed by atoms with Gasteiger partial charge < -0.3 is 15.2 Å². The molecule has 1 heterocycles. The zero-order valence-electron chi connectivity index (χ0n) is 13.1. The van der Waals surface area contributed by atoms with E-state index in [1.165, 1.54) is 38.5 Å². The number of aliphatic imine (C=N–C) groups is 1. The molecule has 1 fully saturated rings. The van der Waals surface area contributed by atoms with E-state index in [1.807, 2.05) is 7.05 Å². The summed E-state index contributed by atoms with van der Waals surface area (Å²) in [6, 6.07) is 4.11. The highest BCUT2D eigenvalue weighted by Gasteiger charge is 2.12. The van der Waals surface area contributed by atoms with Crippen LogP contribution in [-0.4, -0.2) is 30.7 Å². The van der Waals surface area contributed by atoms with Crippen molar-refractivity contribution < 1.29 is 0 Å². The summed E-state index contributed by atoms with van der Waals surface area (Å²) in [7, 11) is 1.84. The van der Waals surface area contributed by atoms with Crippen molar-refractivity contribution >= 4 is 29.9 Å². The fourth-order valence-electron chi connectivity index (χ4n) is 2.91. The van der Waals surface area contributed by atoms with Crippen molar-refractivity contribution in [1.29, 1.82) is 0 Å². The largest absolute Gasteiger partial charge is 0.356 e. The molecule has 0 unspecified atom stereocenters. The standard InChI is InChI=1S/C16H28N4.HI/c1-17-16(19-11-14-20-12-5-6-13-20)18-10-9-15-7-3-2-4-8-15;/h5-6,12-13,15H,2-4,7-11,14H2,1H3,(H2,17,18,19);1H. The number of hydrogen-bond donors (Lipinski definition) is 2. The van der Waals surface area contributed by atoms with E-state index in [0.717, 1.165) is 31.5 Å². The van der Waals surface area contributed by atoms with E-state index in [9.17, 15) is 0 Å². The molecule has 1 aliphatic carbocycles. The summed E-state index contributed by atoms with van der Waals surface area (Å²) in [5, 5.41) is 6.79. The van der Waals surface area contributed by atoms with Crippen LogP contribution in [0.5, 0.6) is 0 Å². The van der Waals surface area contributed by atoms with Crippen LogP contribution < -0.4 is 10.6 Å². The van der Waals surface area contributed by atoms with Gasteiger partial charge in [-0.25, -0.2) is 0 Å². The SMILES string of the molecule is CN=C(NCCC1CCCCC1)NCCn1cccc1.I. The van der Waals surface area contributed by atoms with Gasteiger partial charge in [0.05, 0.1) is 0 Å². The molecule has 0 atom stereocenters. The van der Waals surface area contributed by atoms with E-state index in [4.69, 9.17) is 0 Å². The maximum Gasteiger partial charge on any atom is 0.191 e. The quantitative estimate of drug-likeness (QED) is 0.434. The molecule has 1 aromatic heterocycles. The van der Waals surface area contributed by atoms with Crippen molar-refractivity contribution in [3.63, 3.8) is 0 Å². The van der Waals surface area contributed by atoms with Gasteiger partial charge >= 0.3 is 0 Å². The van der Waals surface area contributed by atoms with Gasteiger partial charge in [0.15, 0.2) is 5.96 Å². The molecule has 2 N–H and O–H groups in total. The minimum Gasteiger partial charge on any atom is -0.356 e. The van der Waals surface area contributed by atoms with Gasteiger partial charge in [-0.05, 0) is 24.5 Å². The van der Waals surface area contributed by atoms with Gasteiger partial charge in [0.25, 0.3) is 0 Å². The maximum atomic E-state index is 4.27. The summed E-state index contributed by atoms with van der Waals surface area (Å²) in [6.07, 6.45) is 12.6. The van der Waals surface area contributed by atoms with Crippen LogP contribution in [0.25, 0.3) is 0 Å². The van der Waals surface area contributed by atoms with Crippen LogP contribution in [0.1, 0.15) is 38.5 Å². The molecule has 1 aliphatic rings. The number of nitrogens with zero attached hydrogens (tertiary/aromatic N) is 2. The average molecular weight is 404 g/mol. The van der Waals surface area contributed by atoms with Gasteiger partial charge in [-0.2, -0.15) is 0 Å². The Morgan fingerprint density at radius 2 is 1.76 bits per heavy atom. The Labute approximate surface area is 145 Å². The molecule has 1 aromatic rings. The molecule has 1 saturated carbocycles. The van der Waals surface area contributed by atoms with Crippen molar-refractivity contribution in [1.82, 2.24) is 15.2 Å². The Bertz CT molecular complexity index is 383. The van der Waals surface area contributed by atoms with E-state index in [-0.39, 0.29) is 24.0 Å². The van der Waals surface area contributed by atoms with Crippen LogP contribution in [0.3, 0.4) is 0 Å². The molecule has 4 nitrogen and oxygen atoms in total. The molecule has 0 spiro atoms. The third kappa shape index (κ3) is 7.20. The first-order chi connectivity index (χ1) is 9.88. The minimum absolute atomic E-state index is 0. The van der Waals surface area contributed by atoms with Crippen LogP contribution in [0.15, 0.2) is 29.5 Å². The summed E-state index contributed by atoms with van der Waals surface area (Å²) in [4.78, 5) is 4.27. The number of halogens is 1. The molecule has 0 amide bonds. The first-order valence-electron chi connectivity index (χ1n) is 7.94. The molecule has 0 bridgehead atoms. The van der Waals surface area contributed by atoms with Crippen LogP contribution >= 0.6 is 24.0 Å². The monoisotopic (exact) mass is 404 g/mol. The molecule has 0 aromatic carbocycles. The van der Waals surface area contributed by atoms with Crippen LogP contribution in [0, 0.1) is 5.92 Å². The minimum atomic E-state index is 0. The average Bonchev–Trinajstić information content (AvgIpc) is 3.00.